The van der Waals surface area contributed by atoms with Crippen LogP contribution in [0.5, 0.6) is 0 Å². The molecule has 34 heavy (non-hydrogen) atoms. The third-order valence-corrected chi connectivity index (χ3v) is 9.20. The number of allylic oxidation sites excluding steroid dienone is 1. The van der Waals surface area contributed by atoms with Crippen molar-refractivity contribution < 1.29 is 22.3 Å². The maximum absolute atomic E-state index is 10.5. The lowest BCUT2D eigenvalue weighted by Gasteiger charge is -2.64. The molecule has 4 fully saturated rings. The highest BCUT2D eigenvalue weighted by atomic mass is 32.2. The second-order valence-corrected chi connectivity index (χ2v) is 12.5. The molecule has 1 aromatic carbocycles. The average molecular weight is 492 g/mol. The number of rotatable bonds is 9. The van der Waals surface area contributed by atoms with Crippen LogP contribution in [0.25, 0.3) is 0 Å². The van der Waals surface area contributed by atoms with Crippen molar-refractivity contribution in [2.24, 2.45) is 23.0 Å². The molecular weight excluding hydrogens is 449 g/mol. The van der Waals surface area contributed by atoms with Crippen molar-refractivity contribution in [3.8, 4) is 0 Å². The Bertz CT molecular complexity index is 935. The van der Waals surface area contributed by atoms with Gasteiger partial charge in [-0.2, -0.15) is 8.42 Å². The van der Waals surface area contributed by atoms with Crippen LogP contribution in [0.3, 0.4) is 0 Å². The largest absolute Gasteiger partial charge is 0.475 e. The molecule has 1 aliphatic heterocycles. The maximum atomic E-state index is 10.5. The fraction of sp³-hybridized carbons (Fsp3) is 0.692. The van der Waals surface area contributed by atoms with Crippen LogP contribution in [0.4, 0.5) is 0 Å². The van der Waals surface area contributed by atoms with E-state index in [9.17, 15) is 8.42 Å². The van der Waals surface area contributed by atoms with Gasteiger partial charge in [-0.15, -0.1) is 6.58 Å². The van der Waals surface area contributed by atoms with Crippen LogP contribution in [0, 0.1) is 24.2 Å². The Morgan fingerprint density at radius 2 is 1.82 bits per heavy atom. The normalized spacial score (nSPS) is 29.9. The predicted octanol–water partition coefficient (Wildman–Crippen LogP) is 5.35. The standard InChI is InChI=1S/C19H34BNO2.C7H8O3S/c1-5-6-7-8-9-10-11-17(21)20-22-16-13-14-12-15(18(14,2)3)19(16,4)23-20;1-6-2-4-7(5-3-6)11(8,9)10/h5,14-17H,1,6-13,21H2,2-4H3;2-5H,1H3,(H,8,9,10)/t14-,15-,16+,17-,19-;/m0./s1. The highest BCUT2D eigenvalue weighted by Gasteiger charge is 2.68. The lowest BCUT2D eigenvalue weighted by molar-refractivity contribution is -0.199. The summed E-state index contributed by atoms with van der Waals surface area (Å²) in [6.07, 6.45) is 11.7. The molecule has 1 aromatic rings. The van der Waals surface area contributed by atoms with Gasteiger partial charge >= 0.3 is 7.12 Å². The van der Waals surface area contributed by atoms with Gasteiger partial charge in [-0.3, -0.25) is 4.55 Å². The van der Waals surface area contributed by atoms with Crippen molar-refractivity contribution in [1.82, 2.24) is 0 Å². The molecule has 1 saturated heterocycles. The lowest BCUT2D eigenvalue weighted by Crippen LogP contribution is -2.65. The summed E-state index contributed by atoms with van der Waals surface area (Å²) in [5.41, 5.74) is 7.63. The Morgan fingerprint density at radius 1 is 1.18 bits per heavy atom. The maximum Gasteiger partial charge on any atom is 0.475 e. The Hall–Kier alpha value is -1.19. The third-order valence-electron chi connectivity index (χ3n) is 8.33. The molecule has 4 aliphatic rings. The summed E-state index contributed by atoms with van der Waals surface area (Å²) in [4.78, 5) is -0.0666. The summed E-state index contributed by atoms with van der Waals surface area (Å²) >= 11 is 0. The molecule has 0 aromatic heterocycles. The zero-order valence-corrected chi connectivity index (χ0v) is 22.0. The van der Waals surface area contributed by atoms with Crippen LogP contribution < -0.4 is 5.73 Å². The van der Waals surface area contributed by atoms with Crippen molar-refractivity contribution in [3.05, 3.63) is 42.5 Å². The number of nitrogens with two attached hydrogens (primary N) is 1. The highest BCUT2D eigenvalue weighted by Crippen LogP contribution is 2.65. The van der Waals surface area contributed by atoms with Gasteiger partial charge in [0.15, 0.2) is 0 Å². The van der Waals surface area contributed by atoms with E-state index in [1.165, 1.54) is 44.2 Å². The Labute approximate surface area is 206 Å². The van der Waals surface area contributed by atoms with Crippen molar-refractivity contribution >= 4 is 17.2 Å². The summed E-state index contributed by atoms with van der Waals surface area (Å²) in [6.45, 7) is 12.7. The molecule has 2 bridgehead atoms. The zero-order chi connectivity index (χ0) is 25.1. The summed E-state index contributed by atoms with van der Waals surface area (Å²) in [6, 6.07) is 5.99. The average Bonchev–Trinajstić information content (AvgIpc) is 3.13. The molecule has 3 N–H and O–H groups in total. The van der Waals surface area contributed by atoms with Gasteiger partial charge in [-0.05, 0) is 75.3 Å². The Kier molecular flexibility index (Phi) is 8.73. The second-order valence-electron chi connectivity index (χ2n) is 11.1. The van der Waals surface area contributed by atoms with Crippen LogP contribution in [-0.4, -0.2) is 37.7 Å². The van der Waals surface area contributed by atoms with E-state index in [4.69, 9.17) is 19.6 Å². The van der Waals surface area contributed by atoms with E-state index in [1.807, 2.05) is 13.0 Å². The van der Waals surface area contributed by atoms with E-state index in [2.05, 4.69) is 27.4 Å². The van der Waals surface area contributed by atoms with Crippen molar-refractivity contribution in [3.63, 3.8) is 0 Å². The van der Waals surface area contributed by atoms with Crippen LogP contribution in [0.2, 0.25) is 0 Å². The van der Waals surface area contributed by atoms with Gasteiger partial charge in [-0.25, -0.2) is 0 Å². The van der Waals surface area contributed by atoms with Gasteiger partial charge < -0.3 is 15.0 Å². The van der Waals surface area contributed by atoms with Gasteiger partial charge in [-0.1, -0.05) is 56.9 Å². The first-order chi connectivity index (χ1) is 15.9. The summed E-state index contributed by atoms with van der Waals surface area (Å²) in [7, 11) is -4.22. The number of hydrogen-bond acceptors (Lipinski definition) is 5. The minimum atomic E-state index is -4.02. The molecule has 6 nitrogen and oxygen atoms in total. The van der Waals surface area contributed by atoms with Crippen molar-refractivity contribution in [2.45, 2.75) is 102 Å². The molecule has 0 spiro atoms. The highest BCUT2D eigenvalue weighted by molar-refractivity contribution is 7.85. The first-order valence-corrected chi connectivity index (χ1v) is 14.1. The quantitative estimate of drug-likeness (QED) is 0.209. The molecule has 1 heterocycles. The first kappa shape index (κ1) is 27.4. The van der Waals surface area contributed by atoms with E-state index >= 15 is 0 Å². The first-order valence-electron chi connectivity index (χ1n) is 12.6. The van der Waals surface area contributed by atoms with Crippen molar-refractivity contribution in [1.29, 1.82) is 0 Å². The summed E-state index contributed by atoms with van der Waals surface area (Å²) in [5.74, 6) is 1.43. The zero-order valence-electron chi connectivity index (χ0n) is 21.2. The monoisotopic (exact) mass is 491 g/mol. The van der Waals surface area contributed by atoms with Crippen LogP contribution in [-0.2, 0) is 19.4 Å². The van der Waals surface area contributed by atoms with Gasteiger partial charge in [0.05, 0.1) is 16.6 Å². The molecule has 0 unspecified atom stereocenters. The van der Waals surface area contributed by atoms with Crippen molar-refractivity contribution in [2.75, 3.05) is 0 Å². The summed E-state index contributed by atoms with van der Waals surface area (Å²) < 4.78 is 42.2. The molecule has 5 atom stereocenters. The Balaban J connectivity index is 0.000000248. The van der Waals surface area contributed by atoms with E-state index in [1.54, 1.807) is 12.1 Å². The molecular formula is C26H42BNO5S. The summed E-state index contributed by atoms with van der Waals surface area (Å²) in [5, 5.41) is 0. The van der Waals surface area contributed by atoms with Gasteiger partial charge in [0.2, 0.25) is 0 Å². The van der Waals surface area contributed by atoms with E-state index in [-0.39, 0.29) is 29.7 Å². The molecule has 3 aliphatic carbocycles. The minimum Gasteiger partial charge on any atom is -0.404 e. The van der Waals surface area contributed by atoms with Gasteiger partial charge in [0.1, 0.15) is 0 Å². The second kappa shape index (κ2) is 10.8. The van der Waals surface area contributed by atoms with E-state index in [0.29, 0.717) is 11.3 Å². The van der Waals surface area contributed by atoms with Crippen LogP contribution in [0.1, 0.15) is 77.7 Å². The third kappa shape index (κ3) is 5.96. The van der Waals surface area contributed by atoms with Gasteiger partial charge in [0.25, 0.3) is 10.1 Å². The van der Waals surface area contributed by atoms with E-state index in [0.717, 1.165) is 30.7 Å². The molecule has 0 radical (unpaired) electrons. The smallest absolute Gasteiger partial charge is 0.404 e. The molecule has 5 rings (SSSR count). The number of aryl methyl sites for hydroxylation is 1. The Morgan fingerprint density at radius 3 is 2.41 bits per heavy atom. The fourth-order valence-electron chi connectivity index (χ4n) is 5.95. The molecule has 0 amide bonds. The molecule has 190 valence electrons. The molecule has 8 heteroatoms. The SMILES string of the molecule is C=CCCCCCC[C@H](N)B1O[C@@H]2C[C@@H]3C[C@@H](C3(C)C)[C@]2(C)O1.Cc1ccc(S(=O)(=O)O)cc1. The number of hydrogen-bond donors (Lipinski definition) is 2. The fourth-order valence-corrected chi connectivity index (χ4v) is 6.43. The predicted molar refractivity (Wildman–Crippen MR) is 137 cm³/mol. The minimum absolute atomic E-state index is 0.0112. The van der Waals surface area contributed by atoms with Crippen LogP contribution in [0.15, 0.2) is 41.8 Å². The molecule has 3 saturated carbocycles. The van der Waals surface area contributed by atoms with E-state index < -0.39 is 10.1 Å². The number of benzene rings is 1. The number of unbranched alkanes of at least 4 members (excludes halogenated alkanes) is 4. The van der Waals surface area contributed by atoms with Crippen LogP contribution >= 0.6 is 0 Å². The lowest BCUT2D eigenvalue weighted by atomic mass is 9.43. The topological polar surface area (TPSA) is 98.9 Å². The van der Waals surface area contributed by atoms with Gasteiger partial charge in [0, 0.05) is 5.94 Å².